The molecule has 2 aromatic carbocycles. The lowest BCUT2D eigenvalue weighted by Gasteiger charge is -2.19. The van der Waals surface area contributed by atoms with Crippen molar-refractivity contribution in [1.29, 1.82) is 0 Å². The molecule has 1 saturated heterocycles. The van der Waals surface area contributed by atoms with Gasteiger partial charge in [0.25, 0.3) is 5.91 Å². The maximum atomic E-state index is 13.0. The highest BCUT2D eigenvalue weighted by Crippen LogP contribution is 2.40. The minimum atomic E-state index is -0.477. The molecule has 1 fully saturated rings. The van der Waals surface area contributed by atoms with Crippen LogP contribution in [0.2, 0.25) is 10.0 Å². The van der Waals surface area contributed by atoms with Gasteiger partial charge in [-0.3, -0.25) is 14.4 Å². The second-order valence-electron chi connectivity index (χ2n) is 7.29. The van der Waals surface area contributed by atoms with Crippen LogP contribution in [0.25, 0.3) is 0 Å². The molecule has 29 heavy (non-hydrogen) atoms. The summed E-state index contributed by atoms with van der Waals surface area (Å²) >= 11 is 12.2. The Morgan fingerprint density at radius 1 is 1.03 bits per heavy atom. The van der Waals surface area contributed by atoms with Crippen LogP contribution in [0.4, 0.5) is 11.4 Å². The minimum Gasteiger partial charge on any atom is -0.321 e. The summed E-state index contributed by atoms with van der Waals surface area (Å²) in [6.45, 7) is 1.97. The van der Waals surface area contributed by atoms with Gasteiger partial charge in [-0.25, -0.2) is 4.90 Å². The molecule has 0 radical (unpaired) electrons. The van der Waals surface area contributed by atoms with E-state index in [-0.39, 0.29) is 39.9 Å². The molecule has 2 aliphatic rings. The quantitative estimate of drug-likeness (QED) is 0.546. The molecule has 0 spiro atoms. The molecular formula is C22H18Cl2N2O3. The van der Waals surface area contributed by atoms with Crippen LogP contribution >= 0.6 is 23.2 Å². The average Bonchev–Trinajstić information content (AvgIpc) is 2.95. The lowest BCUT2D eigenvalue weighted by molar-refractivity contribution is -0.122. The lowest BCUT2D eigenvalue weighted by atomic mass is 9.82. The van der Waals surface area contributed by atoms with Gasteiger partial charge in [0.1, 0.15) is 0 Å². The monoisotopic (exact) mass is 428 g/mol. The van der Waals surface area contributed by atoms with Crippen LogP contribution in [-0.4, -0.2) is 17.7 Å². The molecule has 7 heteroatoms. The van der Waals surface area contributed by atoms with Crippen LogP contribution in [0.5, 0.6) is 0 Å². The van der Waals surface area contributed by atoms with E-state index in [1.807, 2.05) is 13.0 Å². The van der Waals surface area contributed by atoms with Crippen LogP contribution in [-0.2, 0) is 9.59 Å². The zero-order valence-corrected chi connectivity index (χ0v) is 17.1. The van der Waals surface area contributed by atoms with E-state index in [0.29, 0.717) is 23.6 Å². The number of carbonyl (C=O) groups is 3. The molecule has 2 atom stereocenters. The van der Waals surface area contributed by atoms with Gasteiger partial charge in [0.2, 0.25) is 11.8 Å². The van der Waals surface area contributed by atoms with Gasteiger partial charge < -0.3 is 5.32 Å². The van der Waals surface area contributed by atoms with E-state index in [4.69, 9.17) is 23.2 Å². The van der Waals surface area contributed by atoms with Gasteiger partial charge in [0, 0.05) is 0 Å². The highest BCUT2D eigenvalue weighted by atomic mass is 35.5. The van der Waals surface area contributed by atoms with E-state index in [9.17, 15) is 14.4 Å². The molecule has 4 rings (SSSR count). The maximum Gasteiger partial charge on any atom is 0.257 e. The Bertz CT molecular complexity index is 1060. The molecule has 0 saturated carbocycles. The summed E-state index contributed by atoms with van der Waals surface area (Å²) in [7, 11) is 0. The van der Waals surface area contributed by atoms with Crippen LogP contribution in [0.3, 0.4) is 0 Å². The van der Waals surface area contributed by atoms with Crippen molar-refractivity contribution in [2.75, 3.05) is 10.2 Å². The topological polar surface area (TPSA) is 66.5 Å². The SMILES string of the molecule is CC1=CC[C@@H]2C(=O)N(c3ccccc3C(=O)Nc3cccc(Cl)c3Cl)C(=O)[C@H]2C1. The summed E-state index contributed by atoms with van der Waals surface area (Å²) in [5.41, 5.74) is 1.96. The molecule has 0 aromatic heterocycles. The largest absolute Gasteiger partial charge is 0.321 e. The number of imide groups is 1. The first kappa shape index (κ1) is 19.7. The number of nitrogens with one attached hydrogen (secondary N) is 1. The van der Waals surface area contributed by atoms with Crippen LogP contribution < -0.4 is 10.2 Å². The number of rotatable bonds is 3. The second-order valence-corrected chi connectivity index (χ2v) is 8.07. The Kier molecular flexibility index (Phi) is 5.19. The molecule has 148 valence electrons. The standard InChI is InChI=1S/C22H18Cl2N2O3/c1-12-9-10-13-15(11-12)22(29)26(21(13)28)18-8-3-2-5-14(18)20(27)25-17-7-4-6-16(23)19(17)24/h2-9,13,15H,10-11H2,1H3,(H,25,27)/t13-,15-/m0/s1. The van der Waals surface area contributed by atoms with Crippen LogP contribution in [0, 0.1) is 11.8 Å². The highest BCUT2D eigenvalue weighted by Gasteiger charge is 2.49. The van der Waals surface area contributed by atoms with E-state index in [1.165, 1.54) is 0 Å². The summed E-state index contributed by atoms with van der Waals surface area (Å²) in [5, 5.41) is 3.25. The number of amides is 3. The van der Waals surface area contributed by atoms with Crippen molar-refractivity contribution in [1.82, 2.24) is 0 Å². The maximum absolute atomic E-state index is 13.0. The molecule has 0 unspecified atom stereocenters. The summed E-state index contributed by atoms with van der Waals surface area (Å²) in [6, 6.07) is 11.5. The molecule has 1 aliphatic heterocycles. The fraction of sp³-hybridized carbons (Fsp3) is 0.227. The van der Waals surface area contributed by atoms with Crippen molar-refractivity contribution in [3.63, 3.8) is 0 Å². The third-order valence-electron chi connectivity index (χ3n) is 5.41. The number of benzene rings is 2. The van der Waals surface area contributed by atoms with E-state index in [0.717, 1.165) is 10.5 Å². The third-order valence-corrected chi connectivity index (χ3v) is 6.23. The van der Waals surface area contributed by atoms with Crippen molar-refractivity contribution < 1.29 is 14.4 Å². The number of halogens is 2. The third kappa shape index (κ3) is 3.45. The number of hydrogen-bond acceptors (Lipinski definition) is 3. The summed E-state index contributed by atoms with van der Waals surface area (Å²) in [5.74, 6) is -1.73. The molecular weight excluding hydrogens is 411 g/mol. The minimum absolute atomic E-state index is 0.216. The Labute approximate surface area is 178 Å². The Morgan fingerprint density at radius 2 is 1.76 bits per heavy atom. The van der Waals surface area contributed by atoms with Crippen LogP contribution in [0.15, 0.2) is 54.1 Å². The van der Waals surface area contributed by atoms with Gasteiger partial charge in [-0.1, -0.05) is 53.1 Å². The Morgan fingerprint density at radius 3 is 2.55 bits per heavy atom. The predicted molar refractivity (Wildman–Crippen MR) is 113 cm³/mol. The van der Waals surface area contributed by atoms with E-state index in [2.05, 4.69) is 5.32 Å². The number of carbonyl (C=O) groups excluding carboxylic acids is 3. The number of fused-ring (bicyclic) bond motifs is 1. The van der Waals surface area contributed by atoms with Crippen molar-refractivity contribution in [3.8, 4) is 0 Å². The van der Waals surface area contributed by atoms with Gasteiger partial charge in [-0.05, 0) is 44.0 Å². The van der Waals surface area contributed by atoms with E-state index >= 15 is 0 Å². The number of allylic oxidation sites excluding steroid dienone is 2. The number of para-hydroxylation sites is 1. The zero-order valence-electron chi connectivity index (χ0n) is 15.6. The zero-order chi connectivity index (χ0) is 20.7. The summed E-state index contributed by atoms with van der Waals surface area (Å²) in [6.07, 6.45) is 3.12. The fourth-order valence-corrected chi connectivity index (χ4v) is 4.27. The van der Waals surface area contributed by atoms with Crippen molar-refractivity contribution >= 4 is 52.3 Å². The summed E-state index contributed by atoms with van der Waals surface area (Å²) < 4.78 is 0. The van der Waals surface area contributed by atoms with Crippen molar-refractivity contribution in [3.05, 3.63) is 69.7 Å². The molecule has 0 bridgehead atoms. The number of nitrogens with zero attached hydrogens (tertiary/aromatic N) is 1. The van der Waals surface area contributed by atoms with Gasteiger partial charge >= 0.3 is 0 Å². The van der Waals surface area contributed by atoms with Gasteiger partial charge in [-0.2, -0.15) is 0 Å². The molecule has 1 N–H and O–H groups in total. The second kappa shape index (κ2) is 7.65. The predicted octanol–water partition coefficient (Wildman–Crippen LogP) is 5.09. The molecule has 5 nitrogen and oxygen atoms in total. The van der Waals surface area contributed by atoms with Gasteiger partial charge in [0.05, 0.1) is 38.8 Å². The van der Waals surface area contributed by atoms with Crippen molar-refractivity contribution in [2.45, 2.75) is 19.8 Å². The summed E-state index contributed by atoms with van der Waals surface area (Å²) in [4.78, 5) is 40.2. The smallest absolute Gasteiger partial charge is 0.257 e. The lowest BCUT2D eigenvalue weighted by Crippen LogP contribution is -2.33. The van der Waals surface area contributed by atoms with Gasteiger partial charge in [0.15, 0.2) is 0 Å². The van der Waals surface area contributed by atoms with Gasteiger partial charge in [-0.15, -0.1) is 0 Å². The molecule has 1 heterocycles. The fourth-order valence-electron chi connectivity index (χ4n) is 3.93. The Balaban J connectivity index is 1.67. The normalized spacial score (nSPS) is 21.1. The van der Waals surface area contributed by atoms with Crippen molar-refractivity contribution in [2.24, 2.45) is 11.8 Å². The molecule has 2 aromatic rings. The van der Waals surface area contributed by atoms with Crippen LogP contribution in [0.1, 0.15) is 30.1 Å². The first-order valence-corrected chi connectivity index (χ1v) is 10.0. The number of hydrogen-bond donors (Lipinski definition) is 1. The highest BCUT2D eigenvalue weighted by molar-refractivity contribution is 6.44. The van der Waals surface area contributed by atoms with E-state index in [1.54, 1.807) is 42.5 Å². The first-order valence-electron chi connectivity index (χ1n) is 9.26. The molecule has 1 aliphatic carbocycles. The molecule has 3 amide bonds. The Hall–Kier alpha value is -2.63. The first-order chi connectivity index (χ1) is 13.9. The van der Waals surface area contributed by atoms with E-state index < -0.39 is 5.91 Å². The number of anilines is 2. The average molecular weight is 429 g/mol.